The molecule has 9 heteroatoms. The van der Waals surface area contributed by atoms with Gasteiger partial charge in [0.2, 0.25) is 0 Å². The number of fused-ring (bicyclic) bond motifs is 3. The fourth-order valence-electron chi connectivity index (χ4n) is 6.01. The average molecular weight is 753 g/mol. The number of rotatable bonds is 9. The number of nitriles is 1. The van der Waals surface area contributed by atoms with Crippen molar-refractivity contribution in [1.29, 1.82) is 5.26 Å². The van der Waals surface area contributed by atoms with Gasteiger partial charge in [0.05, 0.1) is 9.40 Å². The minimum Gasteiger partial charge on any atom is -0.477 e. The van der Waals surface area contributed by atoms with Crippen LogP contribution in [-0.4, -0.2) is 11.1 Å². The Kier molecular flexibility index (Phi) is 9.03. The van der Waals surface area contributed by atoms with Crippen LogP contribution in [0.15, 0.2) is 115 Å². The van der Waals surface area contributed by atoms with Crippen LogP contribution in [0, 0.1) is 25.2 Å². The molecule has 0 fully saturated rings. The van der Waals surface area contributed by atoms with Crippen molar-refractivity contribution in [2.45, 2.75) is 13.8 Å². The fourth-order valence-corrected chi connectivity index (χ4v) is 12.6. The summed E-state index contributed by atoms with van der Waals surface area (Å²) in [7, 11) is 0. The van der Waals surface area contributed by atoms with Gasteiger partial charge in [-0.2, -0.15) is 5.26 Å². The van der Waals surface area contributed by atoms with Gasteiger partial charge >= 0.3 is 5.97 Å². The zero-order valence-corrected chi connectivity index (χ0v) is 31.5. The number of carboxylic acids is 1. The number of aliphatic carboxylic acids is 1. The summed E-state index contributed by atoms with van der Waals surface area (Å²) >= 11 is 8.82. The van der Waals surface area contributed by atoms with Gasteiger partial charge in [-0.15, -0.1) is 56.7 Å². The van der Waals surface area contributed by atoms with E-state index in [1.807, 2.05) is 59.1 Å². The van der Waals surface area contributed by atoms with Crippen molar-refractivity contribution in [2.75, 3.05) is 4.90 Å². The molecule has 0 aliphatic carbocycles. The minimum atomic E-state index is -1.21. The highest BCUT2D eigenvalue weighted by atomic mass is 32.1. The highest BCUT2D eigenvalue weighted by Gasteiger charge is 2.19. The summed E-state index contributed by atoms with van der Waals surface area (Å²) in [6, 6.07) is 40.2. The van der Waals surface area contributed by atoms with Gasteiger partial charge in [0.25, 0.3) is 0 Å². The summed E-state index contributed by atoms with van der Waals surface area (Å²) < 4.78 is 5.19. The Morgan fingerprint density at radius 2 is 1.16 bits per heavy atom. The van der Waals surface area contributed by atoms with Crippen LogP contribution in [0.3, 0.4) is 0 Å². The molecule has 8 rings (SSSR count). The predicted octanol–water partition coefficient (Wildman–Crippen LogP) is 13.9. The number of hydrogen-bond donors (Lipinski definition) is 1. The number of anilines is 3. The van der Waals surface area contributed by atoms with Gasteiger partial charge in [0.15, 0.2) is 0 Å². The number of carbonyl (C=O) groups is 1. The van der Waals surface area contributed by atoms with E-state index in [0.29, 0.717) is 0 Å². The van der Waals surface area contributed by atoms with E-state index in [1.54, 1.807) is 17.4 Å². The standard InChI is InChI=1S/C42H28N2O2S5/c1-25-19-32(18-15-27-13-16-31(17-14-27)44(29-9-5-3-6-10-29)30-11-7-4-8-12-30)47-38(25)34-22-36-40(50-34)41-37(49-36)23-35(51-41)39-26(2)20-33(48-39)21-28(24-43)42(45)46/h3-23H,1-2H3,(H,45,46)/b18-15+,28-21+. The molecule has 8 aromatic rings. The molecule has 51 heavy (non-hydrogen) atoms. The maximum Gasteiger partial charge on any atom is 0.346 e. The molecule has 0 atom stereocenters. The Bertz CT molecular complexity index is 2600. The van der Waals surface area contributed by atoms with Crippen LogP contribution in [0.5, 0.6) is 0 Å². The van der Waals surface area contributed by atoms with Crippen molar-refractivity contribution >= 4 is 117 Å². The monoisotopic (exact) mass is 752 g/mol. The van der Waals surface area contributed by atoms with E-state index < -0.39 is 5.97 Å². The minimum absolute atomic E-state index is 0.255. The van der Waals surface area contributed by atoms with Crippen molar-refractivity contribution in [1.82, 2.24) is 0 Å². The van der Waals surface area contributed by atoms with Crippen molar-refractivity contribution in [2.24, 2.45) is 0 Å². The molecular weight excluding hydrogens is 725 g/mol. The first-order chi connectivity index (χ1) is 24.8. The Hall–Kier alpha value is -5.08. The lowest BCUT2D eigenvalue weighted by Gasteiger charge is -2.25. The predicted molar refractivity (Wildman–Crippen MR) is 222 cm³/mol. The number of benzene rings is 3. The maximum absolute atomic E-state index is 11.3. The second-order valence-electron chi connectivity index (χ2n) is 11.9. The number of hydrogen-bond acceptors (Lipinski definition) is 8. The number of aryl methyl sites for hydroxylation is 2. The van der Waals surface area contributed by atoms with Crippen LogP contribution in [0.4, 0.5) is 17.1 Å². The average Bonchev–Trinajstić information content (AvgIpc) is 3.96. The van der Waals surface area contributed by atoms with Gasteiger partial charge in [-0.05, 0) is 103 Å². The number of thiophene rings is 5. The van der Waals surface area contributed by atoms with Gasteiger partial charge in [0, 0.05) is 55.7 Å². The highest BCUT2D eigenvalue weighted by molar-refractivity contribution is 7.41. The van der Waals surface area contributed by atoms with Crippen LogP contribution < -0.4 is 4.90 Å². The van der Waals surface area contributed by atoms with E-state index in [9.17, 15) is 15.2 Å². The molecule has 248 valence electrons. The summed E-state index contributed by atoms with van der Waals surface area (Å²) in [6.45, 7) is 4.23. The van der Waals surface area contributed by atoms with Crippen LogP contribution >= 0.6 is 56.7 Å². The fraction of sp³-hybridized carbons (Fsp3) is 0.0476. The highest BCUT2D eigenvalue weighted by Crippen LogP contribution is 2.50. The van der Waals surface area contributed by atoms with Gasteiger partial charge in [-0.3, -0.25) is 0 Å². The number of nitrogens with zero attached hydrogens (tertiary/aromatic N) is 2. The molecule has 0 spiro atoms. The first kappa shape index (κ1) is 33.1. The van der Waals surface area contributed by atoms with Crippen LogP contribution in [0.25, 0.3) is 56.5 Å². The van der Waals surface area contributed by atoms with E-state index in [0.717, 1.165) is 37.9 Å². The molecular formula is C42H28N2O2S5. The van der Waals surface area contributed by atoms with Gasteiger partial charge in [-0.1, -0.05) is 54.6 Å². The quantitative estimate of drug-likeness (QED) is 0.118. The lowest BCUT2D eigenvalue weighted by Crippen LogP contribution is -2.09. The third-order valence-corrected chi connectivity index (χ3v) is 14.9. The zero-order chi connectivity index (χ0) is 35.1. The molecule has 1 N–H and O–H groups in total. The first-order valence-electron chi connectivity index (χ1n) is 16.1. The third kappa shape index (κ3) is 6.61. The Labute approximate surface area is 315 Å². The van der Waals surface area contributed by atoms with E-state index in [2.05, 4.69) is 115 Å². The number of carboxylic acid groups (broad SMARTS) is 1. The van der Waals surface area contributed by atoms with Crippen molar-refractivity contribution in [3.63, 3.8) is 0 Å². The maximum atomic E-state index is 11.3. The summed E-state index contributed by atoms with van der Waals surface area (Å²) in [5.74, 6) is -1.21. The topological polar surface area (TPSA) is 64.3 Å². The third-order valence-electron chi connectivity index (χ3n) is 8.40. The summed E-state index contributed by atoms with van der Waals surface area (Å²) in [5, 5.41) is 18.5. The van der Waals surface area contributed by atoms with Crippen molar-refractivity contribution < 1.29 is 9.90 Å². The lowest BCUT2D eigenvalue weighted by molar-refractivity contribution is -0.132. The number of para-hydroxylation sites is 2. The van der Waals surface area contributed by atoms with Crippen LogP contribution in [0.2, 0.25) is 0 Å². The SMILES string of the molecule is Cc1cc(/C=C/c2ccc(N(c3ccccc3)c3ccccc3)cc2)sc1-c1cc2sc3cc(-c4sc(/C=C(\C#N)C(=O)O)cc4C)sc3c2s1. The molecule has 0 aliphatic heterocycles. The molecule has 0 saturated carbocycles. The Balaban J connectivity index is 1.03. The molecule has 4 nitrogen and oxygen atoms in total. The second kappa shape index (κ2) is 13.9. The molecule has 0 bridgehead atoms. The molecule has 5 aromatic heterocycles. The Morgan fingerprint density at radius 1 is 0.647 bits per heavy atom. The first-order valence-corrected chi connectivity index (χ1v) is 20.1. The molecule has 0 radical (unpaired) electrons. The normalized spacial score (nSPS) is 11.9. The van der Waals surface area contributed by atoms with E-state index in [4.69, 9.17) is 0 Å². The van der Waals surface area contributed by atoms with Crippen LogP contribution in [0.1, 0.15) is 26.4 Å². The summed E-state index contributed by atoms with van der Waals surface area (Å²) in [6.07, 6.45) is 5.86. The molecule has 0 aliphatic rings. The van der Waals surface area contributed by atoms with E-state index in [1.165, 1.54) is 61.3 Å². The summed E-state index contributed by atoms with van der Waals surface area (Å²) in [5.41, 5.74) is 6.61. The van der Waals surface area contributed by atoms with Gasteiger partial charge < -0.3 is 10.0 Å². The van der Waals surface area contributed by atoms with E-state index >= 15 is 0 Å². The van der Waals surface area contributed by atoms with Crippen molar-refractivity contribution in [3.8, 4) is 25.6 Å². The molecule has 0 unspecified atom stereocenters. The van der Waals surface area contributed by atoms with Crippen LogP contribution in [-0.2, 0) is 4.79 Å². The summed E-state index contributed by atoms with van der Waals surface area (Å²) in [4.78, 5) is 20.5. The molecule has 5 heterocycles. The van der Waals surface area contributed by atoms with Gasteiger partial charge in [-0.25, -0.2) is 4.79 Å². The second-order valence-corrected chi connectivity index (χ2v) is 17.3. The largest absolute Gasteiger partial charge is 0.477 e. The van der Waals surface area contributed by atoms with E-state index in [-0.39, 0.29) is 5.57 Å². The Morgan fingerprint density at radius 3 is 1.69 bits per heavy atom. The lowest BCUT2D eigenvalue weighted by atomic mass is 10.1. The molecule has 0 amide bonds. The molecule has 3 aromatic carbocycles. The van der Waals surface area contributed by atoms with Crippen molar-refractivity contribution in [3.05, 3.63) is 141 Å². The smallest absolute Gasteiger partial charge is 0.346 e. The molecule has 0 saturated heterocycles. The zero-order valence-electron chi connectivity index (χ0n) is 27.4. The van der Waals surface area contributed by atoms with Gasteiger partial charge in [0.1, 0.15) is 11.6 Å².